The average Bonchev–Trinajstić information content (AvgIpc) is 3.08. The highest BCUT2D eigenvalue weighted by Gasteiger charge is 2.38. The number of aliphatic hydroxyl groups excluding tert-OH is 1. The van der Waals surface area contributed by atoms with Crippen LogP contribution in [0.1, 0.15) is 60.0 Å². The van der Waals surface area contributed by atoms with E-state index in [1.807, 2.05) is 78.9 Å². The molecule has 5 rings (SSSR count). The number of carboxylic acids is 1. The van der Waals surface area contributed by atoms with Crippen molar-refractivity contribution in [3.63, 3.8) is 0 Å². The number of amides is 1. The van der Waals surface area contributed by atoms with E-state index < -0.39 is 12.3 Å². The molecule has 0 saturated carbocycles. The Bertz CT molecular complexity index is 1580. The van der Waals surface area contributed by atoms with Gasteiger partial charge in [0.1, 0.15) is 0 Å². The molecule has 8 heteroatoms. The Kier molecular flexibility index (Phi) is 11.3. The summed E-state index contributed by atoms with van der Waals surface area (Å²) in [5, 5.41) is 21.1. The van der Waals surface area contributed by atoms with Crippen LogP contribution in [0.5, 0.6) is 0 Å². The van der Waals surface area contributed by atoms with E-state index in [1.54, 1.807) is 0 Å². The second-order valence-electron chi connectivity index (χ2n) is 12.0. The normalized spacial score (nSPS) is 19.6. The first kappa shape index (κ1) is 33.0. The summed E-state index contributed by atoms with van der Waals surface area (Å²) in [7, 11) is 2.11. The number of carbonyl (C=O) groups is 2. The average molecular weight is 623 g/mol. The van der Waals surface area contributed by atoms with Gasteiger partial charge in [0.2, 0.25) is 5.91 Å². The van der Waals surface area contributed by atoms with E-state index in [9.17, 15) is 14.7 Å². The molecule has 1 aliphatic rings. The number of ether oxygens (including phenoxy) is 2. The van der Waals surface area contributed by atoms with E-state index in [0.29, 0.717) is 6.54 Å². The van der Waals surface area contributed by atoms with Gasteiger partial charge in [-0.15, -0.1) is 0 Å². The molecule has 4 atom stereocenters. The second-order valence-corrected chi connectivity index (χ2v) is 12.0. The van der Waals surface area contributed by atoms with Crippen molar-refractivity contribution in [3.8, 4) is 11.1 Å². The van der Waals surface area contributed by atoms with Gasteiger partial charge < -0.3 is 25.0 Å². The molecule has 8 nitrogen and oxygen atoms in total. The van der Waals surface area contributed by atoms with Crippen molar-refractivity contribution in [1.82, 2.24) is 10.2 Å². The molecule has 0 aliphatic carbocycles. The maximum atomic E-state index is 12.0. The van der Waals surface area contributed by atoms with Gasteiger partial charge >= 0.3 is 5.97 Å². The molecule has 4 aromatic rings. The number of likely N-dealkylation sites (N-methyl/N-ethyl adjacent to an activating group) is 1. The largest absolute Gasteiger partial charge is 0.481 e. The van der Waals surface area contributed by atoms with Gasteiger partial charge in [0.25, 0.3) is 0 Å². The molecule has 0 bridgehead atoms. The van der Waals surface area contributed by atoms with E-state index in [0.717, 1.165) is 46.5 Å². The van der Waals surface area contributed by atoms with Crippen molar-refractivity contribution in [1.29, 1.82) is 0 Å². The lowest BCUT2D eigenvalue weighted by molar-refractivity contribution is -0.276. The highest BCUT2D eigenvalue weighted by molar-refractivity contribution is 5.80. The van der Waals surface area contributed by atoms with E-state index in [4.69, 9.17) is 14.6 Å². The highest BCUT2D eigenvalue weighted by atomic mass is 16.7. The third-order valence-corrected chi connectivity index (χ3v) is 8.41. The maximum absolute atomic E-state index is 12.0. The number of nitrogens with zero attached hydrogens (tertiary/aromatic N) is 1. The van der Waals surface area contributed by atoms with Crippen LogP contribution < -0.4 is 5.32 Å². The Hall–Kier alpha value is -4.34. The monoisotopic (exact) mass is 622 g/mol. The van der Waals surface area contributed by atoms with Crippen LogP contribution in [0.4, 0.5) is 0 Å². The van der Waals surface area contributed by atoms with E-state index >= 15 is 0 Å². The van der Waals surface area contributed by atoms with Crippen LogP contribution in [0.15, 0.2) is 103 Å². The van der Waals surface area contributed by atoms with Gasteiger partial charge in [-0.05, 0) is 46.5 Å². The first-order valence-corrected chi connectivity index (χ1v) is 15.7. The summed E-state index contributed by atoms with van der Waals surface area (Å²) < 4.78 is 13.3. The molecule has 1 amide bonds. The van der Waals surface area contributed by atoms with E-state index in [2.05, 4.69) is 48.5 Å². The first-order valence-electron chi connectivity index (χ1n) is 15.7. The third-order valence-electron chi connectivity index (χ3n) is 8.41. The lowest BCUT2D eigenvalue weighted by atomic mass is 9.90. The fourth-order valence-corrected chi connectivity index (χ4v) is 5.80. The molecule has 0 unspecified atom stereocenters. The number of hydrogen-bond donors (Lipinski definition) is 3. The summed E-state index contributed by atoms with van der Waals surface area (Å²) in [6.45, 7) is 4.05. The lowest BCUT2D eigenvalue weighted by Gasteiger charge is -2.42. The van der Waals surface area contributed by atoms with Crippen LogP contribution in [0.25, 0.3) is 11.1 Å². The molecule has 0 radical (unpaired) electrons. The Labute approximate surface area is 270 Å². The first-order chi connectivity index (χ1) is 22.3. The minimum atomic E-state index is -0.989. The van der Waals surface area contributed by atoms with Crippen molar-refractivity contribution in [2.75, 3.05) is 13.6 Å². The van der Waals surface area contributed by atoms with Crippen LogP contribution in [0.2, 0.25) is 0 Å². The zero-order valence-electron chi connectivity index (χ0n) is 26.3. The number of benzene rings is 4. The Morgan fingerprint density at radius 1 is 0.783 bits per heavy atom. The number of nitrogens with one attached hydrogen (secondary N) is 1. The smallest absolute Gasteiger partial charge is 0.303 e. The predicted molar refractivity (Wildman–Crippen MR) is 176 cm³/mol. The van der Waals surface area contributed by atoms with Gasteiger partial charge in [-0.25, -0.2) is 0 Å². The molecule has 240 valence electrons. The molecule has 1 fully saturated rings. The van der Waals surface area contributed by atoms with Crippen molar-refractivity contribution in [2.45, 2.75) is 58.0 Å². The zero-order chi connectivity index (χ0) is 32.5. The molecule has 0 spiro atoms. The van der Waals surface area contributed by atoms with Crippen molar-refractivity contribution >= 4 is 11.9 Å². The van der Waals surface area contributed by atoms with E-state index in [-0.39, 0.29) is 43.5 Å². The number of hydrogen-bond acceptors (Lipinski definition) is 6. The Morgan fingerprint density at radius 3 is 2.17 bits per heavy atom. The number of aliphatic carboxylic acids is 1. The molecule has 1 aliphatic heterocycles. The zero-order valence-corrected chi connectivity index (χ0v) is 26.3. The lowest BCUT2D eigenvalue weighted by Crippen LogP contribution is -2.43. The Morgan fingerprint density at radius 2 is 1.48 bits per heavy atom. The number of carbonyl (C=O) groups excluding carboxylic acids is 1. The third kappa shape index (κ3) is 8.89. The summed E-state index contributed by atoms with van der Waals surface area (Å²) in [4.78, 5) is 25.0. The molecule has 3 N–H and O–H groups in total. The topological polar surface area (TPSA) is 108 Å². The Balaban J connectivity index is 1.31. The van der Waals surface area contributed by atoms with Gasteiger partial charge in [-0.3, -0.25) is 14.5 Å². The number of carboxylic acid groups (broad SMARTS) is 1. The van der Waals surface area contributed by atoms with E-state index in [1.165, 1.54) is 5.56 Å². The summed E-state index contributed by atoms with van der Waals surface area (Å²) in [5.74, 6) is -1.19. The van der Waals surface area contributed by atoms with Gasteiger partial charge in [-0.1, -0.05) is 104 Å². The molecule has 4 aromatic carbocycles. The van der Waals surface area contributed by atoms with Gasteiger partial charge in [0, 0.05) is 37.5 Å². The standard InChI is InChI=1S/C38H42N2O6/c1-26-34(24-40(2)23-27-7-4-3-5-8-27)45-38(46-37(26)31-13-11-28(25-41)12-14-31)32-17-15-30(16-18-32)33-10-6-9-29(21-33)22-39-35(42)19-20-36(43)44/h3-18,21,26,34,37-38,41H,19-20,22-25H2,1-2H3,(H,39,42)(H,43,44)/t26-,34+,37+,38+/m0/s1. The maximum Gasteiger partial charge on any atom is 0.303 e. The molecule has 0 aromatic heterocycles. The summed E-state index contributed by atoms with van der Waals surface area (Å²) in [6.07, 6.45) is -1.07. The summed E-state index contributed by atoms with van der Waals surface area (Å²) in [6, 6.07) is 34.4. The number of aliphatic hydroxyl groups is 1. The number of rotatable bonds is 13. The van der Waals surface area contributed by atoms with Gasteiger partial charge in [0.05, 0.1) is 25.2 Å². The van der Waals surface area contributed by atoms with Gasteiger partial charge in [0.15, 0.2) is 6.29 Å². The fraction of sp³-hybridized carbons (Fsp3) is 0.316. The molecular weight excluding hydrogens is 580 g/mol. The van der Waals surface area contributed by atoms with Crippen molar-refractivity contribution in [3.05, 3.63) is 131 Å². The van der Waals surface area contributed by atoms with Gasteiger partial charge in [-0.2, -0.15) is 0 Å². The summed E-state index contributed by atoms with van der Waals surface area (Å²) in [5.41, 5.74) is 7.03. The van der Waals surface area contributed by atoms with Crippen LogP contribution in [0.3, 0.4) is 0 Å². The molecule has 1 saturated heterocycles. The minimum absolute atomic E-state index is 0.00329. The molecule has 46 heavy (non-hydrogen) atoms. The van der Waals surface area contributed by atoms with Crippen LogP contribution in [0, 0.1) is 5.92 Å². The van der Waals surface area contributed by atoms with Crippen molar-refractivity contribution in [2.24, 2.45) is 5.92 Å². The highest BCUT2D eigenvalue weighted by Crippen LogP contribution is 2.42. The SMILES string of the molecule is C[C@H]1[C@@H](CN(C)Cc2ccccc2)O[C@@H](c2ccc(-c3cccc(CNC(=O)CCC(=O)O)c3)cc2)O[C@H]1c1ccc(CO)cc1. The predicted octanol–water partition coefficient (Wildman–Crippen LogP) is 6.25. The summed E-state index contributed by atoms with van der Waals surface area (Å²) >= 11 is 0. The van der Waals surface area contributed by atoms with Crippen LogP contribution >= 0.6 is 0 Å². The van der Waals surface area contributed by atoms with Crippen LogP contribution in [-0.2, 0) is 38.8 Å². The van der Waals surface area contributed by atoms with Crippen LogP contribution in [-0.4, -0.2) is 46.7 Å². The molecular formula is C38H42N2O6. The second kappa shape index (κ2) is 15.8. The fourth-order valence-electron chi connectivity index (χ4n) is 5.80. The minimum Gasteiger partial charge on any atom is -0.481 e. The van der Waals surface area contributed by atoms with Crippen molar-refractivity contribution < 1.29 is 29.3 Å². The quantitative estimate of drug-likeness (QED) is 0.162. The molecule has 1 heterocycles.